The summed E-state index contributed by atoms with van der Waals surface area (Å²) in [4.78, 5) is 24.2. The number of carboxylic acid groups (broad SMARTS) is 1. The maximum atomic E-state index is 11.8. The van der Waals surface area contributed by atoms with Crippen LogP contribution in [0.25, 0.3) is 0 Å². The van der Waals surface area contributed by atoms with Crippen molar-refractivity contribution in [3.63, 3.8) is 0 Å². The molecular formula is C12H18NO4PS2. The Morgan fingerprint density at radius 3 is 2.75 bits per heavy atom. The second-order valence-corrected chi connectivity index (χ2v) is 9.24. The molecule has 0 bridgehead atoms. The summed E-state index contributed by atoms with van der Waals surface area (Å²) >= 11 is 0. The Morgan fingerprint density at radius 2 is 2.10 bits per heavy atom. The van der Waals surface area contributed by atoms with Crippen LogP contribution >= 0.6 is 29.0 Å². The van der Waals surface area contributed by atoms with Crippen molar-refractivity contribution in [2.45, 2.75) is 24.3 Å². The van der Waals surface area contributed by atoms with Gasteiger partial charge in [0.2, 0.25) is 7.37 Å². The van der Waals surface area contributed by atoms with E-state index in [0.29, 0.717) is 18.6 Å². The van der Waals surface area contributed by atoms with Gasteiger partial charge < -0.3 is 10.00 Å². The minimum absolute atomic E-state index is 0.0598. The lowest BCUT2D eigenvalue weighted by atomic mass is 10.2. The van der Waals surface area contributed by atoms with Gasteiger partial charge in [0, 0.05) is 30.7 Å². The van der Waals surface area contributed by atoms with Gasteiger partial charge in [-0.05, 0) is 35.8 Å². The fourth-order valence-corrected chi connectivity index (χ4v) is 5.83. The molecule has 112 valence electrons. The number of carboxylic acids is 1. The second-order valence-electron chi connectivity index (χ2n) is 4.22. The van der Waals surface area contributed by atoms with E-state index in [-0.39, 0.29) is 18.7 Å². The van der Waals surface area contributed by atoms with Gasteiger partial charge in [-0.3, -0.25) is 9.36 Å². The zero-order chi connectivity index (χ0) is 14.8. The van der Waals surface area contributed by atoms with Crippen LogP contribution in [0.5, 0.6) is 0 Å². The highest BCUT2D eigenvalue weighted by Gasteiger charge is 2.17. The second kappa shape index (κ2) is 9.45. The molecule has 0 fully saturated rings. The van der Waals surface area contributed by atoms with Crippen molar-refractivity contribution >= 4 is 34.9 Å². The molecule has 1 heterocycles. The number of unbranched alkanes of at least 4 members (excludes halogenated alkanes) is 1. The van der Waals surface area contributed by atoms with Gasteiger partial charge in [0.05, 0.1) is 0 Å². The van der Waals surface area contributed by atoms with Crippen molar-refractivity contribution in [1.29, 1.82) is 0 Å². The van der Waals surface area contributed by atoms with Crippen LogP contribution in [-0.2, 0) is 9.36 Å². The van der Waals surface area contributed by atoms with E-state index in [1.165, 1.54) is 21.6 Å². The molecular weight excluding hydrogens is 317 g/mol. The average molecular weight is 335 g/mol. The summed E-state index contributed by atoms with van der Waals surface area (Å²) in [6.07, 6.45) is 3.17. The molecule has 2 N–H and O–H groups in total. The van der Waals surface area contributed by atoms with Crippen LogP contribution in [-0.4, -0.2) is 39.0 Å². The average Bonchev–Trinajstić information content (AvgIpc) is 2.41. The van der Waals surface area contributed by atoms with Crippen LogP contribution in [0.2, 0.25) is 0 Å². The lowest BCUT2D eigenvalue weighted by Gasteiger charge is -2.10. The third kappa shape index (κ3) is 8.64. The van der Waals surface area contributed by atoms with E-state index < -0.39 is 13.3 Å². The van der Waals surface area contributed by atoms with Gasteiger partial charge in [-0.2, -0.15) is 0 Å². The smallest absolute Gasteiger partial charge is 0.303 e. The minimum atomic E-state index is -3.12. The van der Waals surface area contributed by atoms with Crippen molar-refractivity contribution in [3.05, 3.63) is 24.4 Å². The van der Waals surface area contributed by atoms with Crippen molar-refractivity contribution in [1.82, 2.24) is 4.98 Å². The molecule has 8 heteroatoms. The fraction of sp³-hybridized carbons (Fsp3) is 0.500. The van der Waals surface area contributed by atoms with Crippen molar-refractivity contribution < 1.29 is 19.4 Å². The Bertz CT molecular complexity index is 458. The van der Waals surface area contributed by atoms with E-state index in [1.807, 2.05) is 18.2 Å². The van der Waals surface area contributed by atoms with E-state index in [9.17, 15) is 14.3 Å². The normalized spacial score (nSPS) is 13.8. The number of aromatic nitrogens is 1. The van der Waals surface area contributed by atoms with Crippen molar-refractivity contribution in [2.75, 3.05) is 18.1 Å². The summed E-state index contributed by atoms with van der Waals surface area (Å²) in [6.45, 7) is 0. The number of rotatable bonds is 10. The predicted octanol–water partition coefficient (Wildman–Crippen LogP) is 3.35. The lowest BCUT2D eigenvalue weighted by molar-refractivity contribution is -0.137. The number of pyridine rings is 1. The molecule has 0 saturated heterocycles. The molecule has 0 spiro atoms. The molecule has 0 saturated carbocycles. The van der Waals surface area contributed by atoms with Crippen LogP contribution in [0.3, 0.4) is 0 Å². The van der Waals surface area contributed by atoms with Gasteiger partial charge in [0.15, 0.2) is 0 Å². The minimum Gasteiger partial charge on any atom is -0.481 e. The molecule has 1 atom stereocenters. The van der Waals surface area contributed by atoms with Gasteiger partial charge in [0.1, 0.15) is 5.03 Å². The Labute approximate surface area is 126 Å². The molecule has 0 amide bonds. The van der Waals surface area contributed by atoms with Crippen LogP contribution in [0.1, 0.15) is 19.3 Å². The highest BCUT2D eigenvalue weighted by molar-refractivity contribution is 8.76. The summed E-state index contributed by atoms with van der Waals surface area (Å²) in [5.74, 6) is -0.284. The first-order valence-corrected chi connectivity index (χ1v) is 10.6. The topological polar surface area (TPSA) is 87.5 Å². The van der Waals surface area contributed by atoms with Crippen molar-refractivity contribution in [2.24, 2.45) is 0 Å². The quantitative estimate of drug-likeness (QED) is 0.385. The van der Waals surface area contributed by atoms with Gasteiger partial charge in [-0.15, -0.1) is 0 Å². The number of aliphatic carboxylic acids is 1. The highest BCUT2D eigenvalue weighted by atomic mass is 33.1. The van der Waals surface area contributed by atoms with E-state index in [0.717, 1.165) is 5.03 Å². The van der Waals surface area contributed by atoms with E-state index in [4.69, 9.17) is 5.11 Å². The van der Waals surface area contributed by atoms with E-state index >= 15 is 0 Å². The third-order valence-electron chi connectivity index (χ3n) is 2.45. The standard InChI is InChI=1S/C12H18NO4PS2/c14-12(15)6-2-4-8-18(16,17)9-10-19-20-11-5-1-3-7-13-11/h1,3,5,7H,2,4,6,8-10H2,(H,14,15)(H,16,17). The predicted molar refractivity (Wildman–Crippen MR) is 83.6 cm³/mol. The maximum absolute atomic E-state index is 11.8. The van der Waals surface area contributed by atoms with Crippen LogP contribution in [0, 0.1) is 0 Å². The zero-order valence-electron chi connectivity index (χ0n) is 11.0. The van der Waals surface area contributed by atoms with Crippen LogP contribution < -0.4 is 0 Å². The van der Waals surface area contributed by atoms with E-state index in [2.05, 4.69) is 4.98 Å². The van der Waals surface area contributed by atoms with Crippen LogP contribution in [0.15, 0.2) is 29.4 Å². The van der Waals surface area contributed by atoms with Gasteiger partial charge in [-0.1, -0.05) is 16.9 Å². The Hall–Kier alpha value is -0.490. The van der Waals surface area contributed by atoms with Crippen LogP contribution in [0.4, 0.5) is 0 Å². The first-order chi connectivity index (χ1) is 9.49. The lowest BCUT2D eigenvalue weighted by Crippen LogP contribution is -1.99. The zero-order valence-corrected chi connectivity index (χ0v) is 13.5. The number of nitrogens with zero attached hydrogens (tertiary/aromatic N) is 1. The van der Waals surface area contributed by atoms with Crippen molar-refractivity contribution in [3.8, 4) is 0 Å². The first kappa shape index (κ1) is 17.6. The number of carbonyl (C=O) groups is 1. The van der Waals surface area contributed by atoms with E-state index in [1.54, 1.807) is 6.20 Å². The molecule has 0 radical (unpaired) electrons. The summed E-state index contributed by atoms with van der Waals surface area (Å²) in [5, 5.41) is 9.36. The van der Waals surface area contributed by atoms with Gasteiger partial charge in [-0.25, -0.2) is 4.98 Å². The summed E-state index contributed by atoms with van der Waals surface area (Å²) in [7, 11) is -0.127. The fourth-order valence-electron chi connectivity index (χ4n) is 1.43. The molecule has 0 aromatic carbocycles. The molecule has 0 aliphatic rings. The highest BCUT2D eigenvalue weighted by Crippen LogP contribution is 2.43. The molecule has 1 aromatic rings. The molecule has 20 heavy (non-hydrogen) atoms. The Morgan fingerprint density at radius 1 is 1.30 bits per heavy atom. The number of hydrogen-bond donors (Lipinski definition) is 2. The summed E-state index contributed by atoms with van der Waals surface area (Å²) in [5.41, 5.74) is 0. The largest absolute Gasteiger partial charge is 0.481 e. The maximum Gasteiger partial charge on any atom is 0.303 e. The Balaban J connectivity index is 2.13. The molecule has 1 aromatic heterocycles. The molecule has 0 aliphatic heterocycles. The summed E-state index contributed by atoms with van der Waals surface area (Å²) < 4.78 is 11.8. The van der Waals surface area contributed by atoms with Gasteiger partial charge in [0.25, 0.3) is 0 Å². The molecule has 1 rings (SSSR count). The summed E-state index contributed by atoms with van der Waals surface area (Å²) in [6, 6.07) is 5.63. The SMILES string of the molecule is O=C(O)CCCCP(=O)(O)CCSSc1ccccn1. The monoisotopic (exact) mass is 335 g/mol. The molecule has 0 aliphatic carbocycles. The van der Waals surface area contributed by atoms with Gasteiger partial charge >= 0.3 is 5.97 Å². The first-order valence-electron chi connectivity index (χ1n) is 6.23. The Kier molecular flexibility index (Phi) is 8.30. The number of hydrogen-bond acceptors (Lipinski definition) is 5. The third-order valence-corrected chi connectivity index (χ3v) is 6.96. The molecule has 5 nitrogen and oxygen atoms in total. The molecule has 1 unspecified atom stereocenters.